The van der Waals surface area contributed by atoms with Crippen LogP contribution in [0.25, 0.3) is 0 Å². The van der Waals surface area contributed by atoms with E-state index in [-0.39, 0.29) is 43.8 Å². The molecule has 4 nitrogen and oxygen atoms in total. The molecule has 0 rings (SSSR count). The molecule has 90 valence electrons. The number of carboxylic acid groups (broad SMARTS) is 2. The molecule has 0 amide bonds. The van der Waals surface area contributed by atoms with E-state index in [1.165, 1.54) is 0 Å². The van der Waals surface area contributed by atoms with Crippen molar-refractivity contribution < 1.29 is 50.8 Å². The van der Waals surface area contributed by atoms with Crippen molar-refractivity contribution in [3.63, 3.8) is 0 Å². The number of rotatable bonds is 8. The summed E-state index contributed by atoms with van der Waals surface area (Å²) in [4.78, 5) is 22.2. The minimum atomic E-state index is -1.56. The van der Waals surface area contributed by atoms with Gasteiger partial charge in [-0.2, -0.15) is 0 Å². The first-order valence-electron chi connectivity index (χ1n) is 5.48. The second kappa shape index (κ2) is 9.02. The maximum absolute atomic E-state index is 11.1. The van der Waals surface area contributed by atoms with Gasteiger partial charge < -0.3 is 11.6 Å². The molecule has 0 spiro atoms. The molecule has 0 aliphatic rings. The fraction of sp³-hybridized carbons (Fsp3) is 0.818. The quantitative estimate of drug-likeness (QED) is 0.449. The van der Waals surface area contributed by atoms with Crippen LogP contribution in [0.15, 0.2) is 0 Å². The van der Waals surface area contributed by atoms with Crippen LogP contribution in [0, 0.1) is 5.41 Å². The van der Waals surface area contributed by atoms with Crippen LogP contribution >= 0.6 is 0 Å². The first-order valence-corrected chi connectivity index (χ1v) is 5.48. The molecule has 0 aromatic heterocycles. The molecule has 2 N–H and O–H groups in total. The monoisotopic (exact) mass is 240 g/mol. The number of hydrogen-bond donors (Lipinski definition) is 2. The maximum Gasteiger partial charge on any atom is 1.00 e. The fourth-order valence-corrected chi connectivity index (χ4v) is 1.60. The van der Waals surface area contributed by atoms with E-state index in [2.05, 4.69) is 0 Å². The Kier molecular flexibility index (Phi) is 10.3. The molecule has 0 radical (unpaired) electrons. The first-order chi connectivity index (χ1) is 7.01. The van der Waals surface area contributed by atoms with Crippen molar-refractivity contribution in [1.82, 2.24) is 0 Å². The van der Waals surface area contributed by atoms with Gasteiger partial charge in [0.15, 0.2) is 5.41 Å². The maximum atomic E-state index is 11.1. The van der Waals surface area contributed by atoms with E-state index >= 15 is 0 Å². The summed E-state index contributed by atoms with van der Waals surface area (Å²) in [7, 11) is 0. The van der Waals surface area contributed by atoms with Gasteiger partial charge in [0.25, 0.3) is 0 Å². The van der Waals surface area contributed by atoms with Crippen LogP contribution in [-0.2, 0) is 9.59 Å². The van der Waals surface area contributed by atoms with Gasteiger partial charge in [0.05, 0.1) is 0 Å². The first kappa shape index (κ1) is 18.3. The molecule has 0 aliphatic heterocycles. The number of hydrogen-bond acceptors (Lipinski definition) is 2. The molecule has 0 aliphatic carbocycles. The average molecular weight is 240 g/mol. The van der Waals surface area contributed by atoms with Crippen LogP contribution in [0.1, 0.15) is 53.8 Å². The average Bonchev–Trinajstić information content (AvgIpc) is 2.17. The molecule has 0 unspecified atom stereocenters. The number of unbranched alkanes of at least 4 members (excludes halogenated alkanes) is 2. The van der Waals surface area contributed by atoms with Crippen LogP contribution in [0.2, 0.25) is 0 Å². The number of aliphatic carboxylic acids is 2. The fourth-order valence-electron chi connectivity index (χ4n) is 1.60. The Morgan fingerprint density at radius 1 is 1.00 bits per heavy atom. The van der Waals surface area contributed by atoms with Gasteiger partial charge in [0.1, 0.15) is 0 Å². The summed E-state index contributed by atoms with van der Waals surface area (Å²) in [5.41, 5.74) is -1.56. The Morgan fingerprint density at radius 3 is 1.50 bits per heavy atom. The zero-order chi connectivity index (χ0) is 11.9. The van der Waals surface area contributed by atoms with Crippen molar-refractivity contribution in [3.8, 4) is 0 Å². The third-order valence-corrected chi connectivity index (χ3v) is 2.73. The number of carboxylic acids is 2. The predicted molar refractivity (Wildman–Crippen MR) is 57.9 cm³/mol. The van der Waals surface area contributed by atoms with Crippen LogP contribution in [0.4, 0.5) is 0 Å². The summed E-state index contributed by atoms with van der Waals surface area (Å²) >= 11 is 0. The summed E-state index contributed by atoms with van der Waals surface area (Å²) in [5, 5.41) is 18.1. The molecule has 0 bridgehead atoms. The Hall–Kier alpha value is -0.0600. The predicted octanol–water partition coefficient (Wildman–Crippen LogP) is -0.361. The third-order valence-electron chi connectivity index (χ3n) is 2.73. The van der Waals surface area contributed by atoms with Crippen LogP contribution < -0.4 is 29.6 Å². The SMILES string of the molecule is CCCCC(CCCC)(C(=O)O)C(=O)O.[H-].[Na+]. The molecule has 0 fully saturated rings. The molecule has 0 aromatic carbocycles. The minimum absolute atomic E-state index is 0. The summed E-state index contributed by atoms with van der Waals surface area (Å²) < 4.78 is 0. The Balaban J connectivity index is -0.000000980. The van der Waals surface area contributed by atoms with Gasteiger partial charge in [-0.1, -0.05) is 39.5 Å². The van der Waals surface area contributed by atoms with E-state index in [9.17, 15) is 9.59 Å². The summed E-state index contributed by atoms with van der Waals surface area (Å²) in [6.07, 6.45) is 3.37. The van der Waals surface area contributed by atoms with Crippen LogP contribution in [-0.4, -0.2) is 22.2 Å². The molecule has 0 saturated heterocycles. The molecule has 0 saturated carbocycles. The van der Waals surface area contributed by atoms with Crippen molar-refractivity contribution in [1.29, 1.82) is 0 Å². The smallest absolute Gasteiger partial charge is 1.00 e. The van der Waals surface area contributed by atoms with Gasteiger partial charge in [-0.15, -0.1) is 0 Å². The number of carbonyl (C=O) groups is 2. The van der Waals surface area contributed by atoms with E-state index in [1.54, 1.807) is 0 Å². The van der Waals surface area contributed by atoms with Crippen molar-refractivity contribution >= 4 is 11.9 Å². The standard InChI is InChI=1S/C11H20O4.Na.H/c1-3-5-7-11(9(12)13,10(14)15)8-6-4-2;;/h3-8H2,1-2H3,(H,12,13)(H,14,15);;/q;+1;-1. The van der Waals surface area contributed by atoms with E-state index < -0.39 is 17.4 Å². The van der Waals surface area contributed by atoms with E-state index in [0.29, 0.717) is 12.8 Å². The normalized spacial score (nSPS) is 10.6. The Labute approximate surface area is 120 Å². The summed E-state index contributed by atoms with van der Waals surface area (Å²) in [5.74, 6) is -2.39. The van der Waals surface area contributed by atoms with Crippen molar-refractivity contribution in [3.05, 3.63) is 0 Å². The Bertz CT molecular complexity index is 210. The van der Waals surface area contributed by atoms with Gasteiger partial charge in [0.2, 0.25) is 0 Å². The molecular formula is C11H21NaO4. The topological polar surface area (TPSA) is 74.6 Å². The van der Waals surface area contributed by atoms with E-state index in [1.807, 2.05) is 13.8 Å². The summed E-state index contributed by atoms with van der Waals surface area (Å²) in [6.45, 7) is 3.85. The van der Waals surface area contributed by atoms with Gasteiger partial charge >= 0.3 is 41.5 Å². The molecule has 5 heteroatoms. The van der Waals surface area contributed by atoms with E-state index in [0.717, 1.165) is 12.8 Å². The zero-order valence-corrected chi connectivity index (χ0v) is 12.5. The van der Waals surface area contributed by atoms with Crippen molar-refractivity contribution in [2.45, 2.75) is 52.4 Å². The van der Waals surface area contributed by atoms with Gasteiger partial charge in [-0.05, 0) is 12.8 Å². The minimum Gasteiger partial charge on any atom is -1.00 e. The van der Waals surface area contributed by atoms with E-state index in [4.69, 9.17) is 10.2 Å². The second-order valence-corrected chi connectivity index (χ2v) is 3.90. The molecule has 0 aromatic rings. The molecule has 0 heterocycles. The van der Waals surface area contributed by atoms with Gasteiger partial charge in [-0.25, -0.2) is 0 Å². The summed E-state index contributed by atoms with van der Waals surface area (Å²) in [6, 6.07) is 0. The molecule has 16 heavy (non-hydrogen) atoms. The van der Waals surface area contributed by atoms with Gasteiger partial charge in [-0.3, -0.25) is 9.59 Å². The van der Waals surface area contributed by atoms with Crippen LogP contribution in [0.5, 0.6) is 0 Å². The zero-order valence-electron chi connectivity index (χ0n) is 11.5. The second-order valence-electron chi connectivity index (χ2n) is 3.90. The van der Waals surface area contributed by atoms with Crippen molar-refractivity contribution in [2.24, 2.45) is 5.41 Å². The molecular weight excluding hydrogens is 219 g/mol. The Morgan fingerprint density at radius 2 is 1.31 bits per heavy atom. The third kappa shape index (κ3) is 4.85. The van der Waals surface area contributed by atoms with Crippen LogP contribution in [0.3, 0.4) is 0 Å². The largest absolute Gasteiger partial charge is 1.00 e. The van der Waals surface area contributed by atoms with Gasteiger partial charge in [0, 0.05) is 0 Å². The van der Waals surface area contributed by atoms with Crippen molar-refractivity contribution in [2.75, 3.05) is 0 Å². The molecule has 0 atom stereocenters.